The Morgan fingerprint density at radius 1 is 0.938 bits per heavy atom. The molecule has 0 aliphatic carbocycles. The van der Waals surface area contributed by atoms with Gasteiger partial charge in [-0.2, -0.15) is 0 Å². The van der Waals surface area contributed by atoms with E-state index in [4.69, 9.17) is 18.7 Å². The molecule has 7 nitrogen and oxygen atoms in total. The Labute approximate surface area is 188 Å². The molecule has 0 spiro atoms. The van der Waals surface area contributed by atoms with E-state index in [2.05, 4.69) is 10.1 Å². The monoisotopic (exact) mass is 438 g/mol. The van der Waals surface area contributed by atoms with Gasteiger partial charge in [0.15, 0.2) is 28.8 Å². The minimum atomic E-state index is 0.152. The highest BCUT2D eigenvalue weighted by Gasteiger charge is 2.26. The van der Waals surface area contributed by atoms with Gasteiger partial charge in [0.05, 0.1) is 27.4 Å². The zero-order valence-corrected chi connectivity index (χ0v) is 18.8. The van der Waals surface area contributed by atoms with E-state index in [1.807, 2.05) is 36.4 Å². The van der Waals surface area contributed by atoms with Gasteiger partial charge in [0.25, 0.3) is 0 Å². The van der Waals surface area contributed by atoms with Crippen LogP contribution in [0.1, 0.15) is 43.0 Å². The lowest BCUT2D eigenvalue weighted by Gasteiger charge is -2.28. The number of likely N-dealkylation sites (tertiary alicyclic amines) is 1. The Morgan fingerprint density at radius 3 is 2.47 bits per heavy atom. The fourth-order valence-corrected chi connectivity index (χ4v) is 4.33. The molecule has 0 amide bonds. The van der Waals surface area contributed by atoms with Gasteiger partial charge in [0, 0.05) is 18.2 Å². The summed E-state index contributed by atoms with van der Waals surface area (Å²) in [6.07, 6.45) is 4.49. The molecule has 3 aromatic rings. The fourth-order valence-electron chi connectivity index (χ4n) is 4.33. The molecule has 0 unspecified atom stereocenters. The number of ether oxygens (including phenoxy) is 3. The summed E-state index contributed by atoms with van der Waals surface area (Å²) in [6, 6.07) is 13.5. The number of aromatic nitrogens is 1. The van der Waals surface area contributed by atoms with Gasteiger partial charge in [-0.3, -0.25) is 4.90 Å². The van der Waals surface area contributed by atoms with Crippen LogP contribution in [0.15, 0.2) is 47.0 Å². The molecule has 0 bridgehead atoms. The van der Waals surface area contributed by atoms with E-state index in [9.17, 15) is 5.11 Å². The van der Waals surface area contributed by atoms with Crippen molar-refractivity contribution in [1.82, 2.24) is 10.1 Å². The lowest BCUT2D eigenvalue weighted by Crippen LogP contribution is -2.28. The molecule has 1 aromatic heterocycles. The summed E-state index contributed by atoms with van der Waals surface area (Å²) < 4.78 is 21.7. The predicted molar refractivity (Wildman–Crippen MR) is 121 cm³/mol. The van der Waals surface area contributed by atoms with Crippen LogP contribution in [-0.4, -0.2) is 43.0 Å². The smallest absolute Gasteiger partial charge is 0.167 e. The van der Waals surface area contributed by atoms with E-state index in [-0.39, 0.29) is 11.8 Å². The molecular formula is C25H30N2O5. The van der Waals surface area contributed by atoms with Crippen LogP contribution in [0.25, 0.3) is 11.3 Å². The Balaban J connectivity index is 1.58. The fraction of sp³-hybridized carbons (Fsp3) is 0.400. The number of methoxy groups -OCH3 is 3. The van der Waals surface area contributed by atoms with Crippen molar-refractivity contribution < 1.29 is 23.8 Å². The maximum atomic E-state index is 10.2. The molecule has 1 aliphatic rings. The average molecular weight is 439 g/mol. The van der Waals surface area contributed by atoms with Crippen LogP contribution >= 0.6 is 0 Å². The average Bonchev–Trinajstić information content (AvgIpc) is 3.19. The van der Waals surface area contributed by atoms with Crippen molar-refractivity contribution in [3.63, 3.8) is 0 Å². The maximum absolute atomic E-state index is 10.2. The van der Waals surface area contributed by atoms with E-state index in [0.717, 1.165) is 49.2 Å². The first-order valence-electron chi connectivity index (χ1n) is 10.9. The zero-order valence-electron chi connectivity index (χ0n) is 18.8. The highest BCUT2D eigenvalue weighted by atomic mass is 16.5. The molecule has 0 radical (unpaired) electrons. The second kappa shape index (κ2) is 9.96. The van der Waals surface area contributed by atoms with Gasteiger partial charge in [-0.1, -0.05) is 24.1 Å². The van der Waals surface area contributed by atoms with E-state index < -0.39 is 0 Å². The van der Waals surface area contributed by atoms with Crippen LogP contribution in [0.3, 0.4) is 0 Å². The number of aromatic hydroxyl groups is 1. The predicted octanol–water partition coefficient (Wildman–Crippen LogP) is 5.19. The van der Waals surface area contributed by atoms with Gasteiger partial charge in [-0.25, -0.2) is 0 Å². The van der Waals surface area contributed by atoms with Crippen LogP contribution in [0.4, 0.5) is 0 Å². The van der Waals surface area contributed by atoms with Gasteiger partial charge in [-0.15, -0.1) is 0 Å². The first-order chi connectivity index (χ1) is 15.6. The summed E-state index contributed by atoms with van der Waals surface area (Å²) in [5, 5.41) is 14.6. The molecule has 4 rings (SSSR count). The van der Waals surface area contributed by atoms with Crippen molar-refractivity contribution in [2.24, 2.45) is 0 Å². The molecule has 2 aromatic carbocycles. The minimum absolute atomic E-state index is 0.152. The van der Waals surface area contributed by atoms with Crippen molar-refractivity contribution in [2.45, 2.75) is 38.3 Å². The molecule has 2 heterocycles. The largest absolute Gasteiger partial charge is 0.504 e. The quantitative estimate of drug-likeness (QED) is 0.544. The Hall–Kier alpha value is -3.19. The molecule has 170 valence electrons. The summed E-state index contributed by atoms with van der Waals surface area (Å²) in [7, 11) is 4.79. The number of hydrogen-bond donors (Lipinski definition) is 1. The van der Waals surface area contributed by atoms with Crippen molar-refractivity contribution >= 4 is 0 Å². The number of phenols is 1. The summed E-state index contributed by atoms with van der Waals surface area (Å²) in [4.78, 5) is 2.42. The summed E-state index contributed by atoms with van der Waals surface area (Å²) in [5.74, 6) is 2.67. The summed E-state index contributed by atoms with van der Waals surface area (Å²) in [6.45, 7) is 1.69. The molecular weight excluding hydrogens is 408 g/mol. The number of rotatable bonds is 7. The minimum Gasteiger partial charge on any atom is -0.504 e. The van der Waals surface area contributed by atoms with Gasteiger partial charge < -0.3 is 23.8 Å². The van der Waals surface area contributed by atoms with Crippen molar-refractivity contribution in [2.75, 3.05) is 27.9 Å². The molecule has 1 atom stereocenters. The van der Waals surface area contributed by atoms with Gasteiger partial charge in [-0.05, 0) is 55.3 Å². The first-order valence-corrected chi connectivity index (χ1v) is 10.9. The van der Waals surface area contributed by atoms with Crippen LogP contribution in [0, 0.1) is 0 Å². The summed E-state index contributed by atoms with van der Waals surface area (Å²) in [5.41, 5.74) is 2.86. The molecule has 32 heavy (non-hydrogen) atoms. The van der Waals surface area contributed by atoms with Gasteiger partial charge >= 0.3 is 0 Å². The van der Waals surface area contributed by atoms with Crippen LogP contribution in [0.5, 0.6) is 23.0 Å². The Morgan fingerprint density at radius 2 is 1.72 bits per heavy atom. The van der Waals surface area contributed by atoms with Crippen LogP contribution in [0.2, 0.25) is 0 Å². The third-order valence-corrected chi connectivity index (χ3v) is 6.03. The summed E-state index contributed by atoms with van der Waals surface area (Å²) >= 11 is 0. The van der Waals surface area contributed by atoms with Crippen molar-refractivity contribution in [1.29, 1.82) is 0 Å². The number of hydrogen-bond acceptors (Lipinski definition) is 7. The van der Waals surface area contributed by atoms with E-state index in [1.165, 1.54) is 6.42 Å². The Bertz CT molecular complexity index is 1050. The topological polar surface area (TPSA) is 77.2 Å². The van der Waals surface area contributed by atoms with E-state index in [0.29, 0.717) is 23.0 Å². The molecule has 1 fully saturated rings. The molecule has 1 aliphatic heterocycles. The van der Waals surface area contributed by atoms with Crippen molar-refractivity contribution in [3.8, 4) is 34.3 Å². The third kappa shape index (κ3) is 4.67. The normalized spacial score (nSPS) is 17.0. The standard InChI is InChI=1S/C25H30N2O5/c1-29-22-10-8-17(13-21(22)28)16-27-12-6-4-5-7-20(27)19-15-24(32-26-19)18-9-11-23(30-2)25(14-18)31-3/h8-11,13-15,20,28H,4-7,12,16H2,1-3H3/t20-/m1/s1. The Kier molecular flexibility index (Phi) is 6.85. The second-order valence-corrected chi connectivity index (χ2v) is 8.03. The zero-order chi connectivity index (χ0) is 22.5. The van der Waals surface area contributed by atoms with Crippen molar-refractivity contribution in [3.05, 3.63) is 53.7 Å². The lowest BCUT2D eigenvalue weighted by atomic mass is 10.0. The lowest BCUT2D eigenvalue weighted by molar-refractivity contribution is 0.184. The van der Waals surface area contributed by atoms with E-state index >= 15 is 0 Å². The maximum Gasteiger partial charge on any atom is 0.167 e. The highest BCUT2D eigenvalue weighted by molar-refractivity contribution is 5.62. The molecule has 7 heteroatoms. The SMILES string of the molecule is COc1ccc(CN2CCCCC[C@@H]2c2cc(-c3ccc(OC)c(OC)c3)on2)cc1O. The molecule has 1 saturated heterocycles. The van der Waals surface area contributed by atoms with Gasteiger partial charge in [0.2, 0.25) is 0 Å². The second-order valence-electron chi connectivity index (χ2n) is 8.03. The van der Waals surface area contributed by atoms with Gasteiger partial charge in [0.1, 0.15) is 5.69 Å². The third-order valence-electron chi connectivity index (χ3n) is 6.03. The van der Waals surface area contributed by atoms with E-state index in [1.54, 1.807) is 27.4 Å². The molecule has 0 saturated carbocycles. The highest BCUT2D eigenvalue weighted by Crippen LogP contribution is 2.36. The molecule has 1 N–H and O–H groups in total. The number of benzene rings is 2. The number of nitrogens with zero attached hydrogens (tertiary/aromatic N) is 2. The number of phenolic OH excluding ortho intramolecular Hbond substituents is 1. The first kappa shape index (κ1) is 22.0. The van der Waals surface area contributed by atoms with Crippen LogP contribution < -0.4 is 14.2 Å². The van der Waals surface area contributed by atoms with Crippen LogP contribution in [-0.2, 0) is 6.54 Å².